The highest BCUT2D eigenvalue weighted by atomic mass is 16.5. The molecular weight excluding hydrogens is 264 g/mol. The second kappa shape index (κ2) is 6.11. The zero-order valence-electron chi connectivity index (χ0n) is 11.3. The van der Waals surface area contributed by atoms with Gasteiger partial charge in [0.1, 0.15) is 12.1 Å². The predicted octanol–water partition coefficient (Wildman–Crippen LogP) is 2.79. The number of nitrogens with two attached hydrogens (primary N) is 1. The molecule has 5 nitrogen and oxygen atoms in total. The lowest BCUT2D eigenvalue weighted by Crippen LogP contribution is -1.98. The van der Waals surface area contributed by atoms with Gasteiger partial charge < -0.3 is 10.5 Å². The van der Waals surface area contributed by atoms with E-state index >= 15 is 0 Å². The summed E-state index contributed by atoms with van der Waals surface area (Å²) in [7, 11) is 0. The Morgan fingerprint density at radius 3 is 2.38 bits per heavy atom. The molecule has 0 aliphatic carbocycles. The standard InChI is InChI=1S/C16H14N4O/c17-10-12-6-8-13(9-7-12)15-18-11-19-16(20-15)21-14-4-2-1-3-5-14/h1-9,11H,10,17H2. The molecule has 0 fully saturated rings. The summed E-state index contributed by atoms with van der Waals surface area (Å²) in [5, 5.41) is 0. The molecule has 3 aromatic rings. The quantitative estimate of drug-likeness (QED) is 0.794. The SMILES string of the molecule is NCc1ccc(-c2ncnc(Oc3ccccc3)n2)cc1. The van der Waals surface area contributed by atoms with Gasteiger partial charge >= 0.3 is 6.01 Å². The molecule has 1 heterocycles. The number of rotatable bonds is 4. The molecule has 0 bridgehead atoms. The van der Waals surface area contributed by atoms with Gasteiger partial charge in [-0.15, -0.1) is 0 Å². The summed E-state index contributed by atoms with van der Waals surface area (Å²) < 4.78 is 5.60. The van der Waals surface area contributed by atoms with Gasteiger partial charge in [0.05, 0.1) is 0 Å². The number of ether oxygens (including phenoxy) is 1. The first kappa shape index (κ1) is 13.2. The zero-order chi connectivity index (χ0) is 14.5. The smallest absolute Gasteiger partial charge is 0.325 e. The second-order valence-electron chi connectivity index (χ2n) is 4.41. The van der Waals surface area contributed by atoms with E-state index in [-0.39, 0.29) is 6.01 Å². The summed E-state index contributed by atoms with van der Waals surface area (Å²) in [5.41, 5.74) is 7.55. The van der Waals surface area contributed by atoms with Gasteiger partial charge in [-0.05, 0) is 17.7 Å². The van der Waals surface area contributed by atoms with Gasteiger partial charge in [-0.1, -0.05) is 42.5 Å². The Labute approximate surface area is 122 Å². The zero-order valence-corrected chi connectivity index (χ0v) is 11.3. The van der Waals surface area contributed by atoms with E-state index in [0.717, 1.165) is 11.1 Å². The minimum atomic E-state index is 0.272. The average Bonchev–Trinajstić information content (AvgIpc) is 2.56. The van der Waals surface area contributed by atoms with Gasteiger partial charge in [0.2, 0.25) is 0 Å². The Bertz CT molecular complexity index is 714. The van der Waals surface area contributed by atoms with Crippen LogP contribution in [0.15, 0.2) is 60.9 Å². The maximum absolute atomic E-state index is 5.60. The van der Waals surface area contributed by atoms with Crippen LogP contribution >= 0.6 is 0 Å². The lowest BCUT2D eigenvalue weighted by Gasteiger charge is -2.05. The van der Waals surface area contributed by atoms with Crippen molar-refractivity contribution in [2.75, 3.05) is 0 Å². The van der Waals surface area contributed by atoms with Gasteiger partial charge in [-0.3, -0.25) is 0 Å². The Morgan fingerprint density at radius 2 is 1.67 bits per heavy atom. The third-order valence-electron chi connectivity index (χ3n) is 2.95. The maximum atomic E-state index is 5.60. The topological polar surface area (TPSA) is 73.9 Å². The fourth-order valence-corrected chi connectivity index (χ4v) is 1.85. The van der Waals surface area contributed by atoms with E-state index in [0.29, 0.717) is 18.1 Å². The summed E-state index contributed by atoms with van der Waals surface area (Å²) in [6.45, 7) is 0.514. The van der Waals surface area contributed by atoms with E-state index in [1.54, 1.807) is 0 Å². The van der Waals surface area contributed by atoms with E-state index in [1.807, 2.05) is 54.6 Å². The molecule has 21 heavy (non-hydrogen) atoms. The van der Waals surface area contributed by atoms with Crippen LogP contribution in [0.4, 0.5) is 0 Å². The van der Waals surface area contributed by atoms with Crippen molar-refractivity contribution in [1.29, 1.82) is 0 Å². The highest BCUT2D eigenvalue weighted by Crippen LogP contribution is 2.20. The number of hydrogen-bond donors (Lipinski definition) is 1. The van der Waals surface area contributed by atoms with E-state index in [9.17, 15) is 0 Å². The number of para-hydroxylation sites is 1. The molecule has 1 aromatic heterocycles. The highest BCUT2D eigenvalue weighted by Gasteiger charge is 2.05. The second-order valence-corrected chi connectivity index (χ2v) is 4.41. The molecule has 0 aliphatic rings. The Morgan fingerprint density at radius 1 is 0.905 bits per heavy atom. The van der Waals surface area contributed by atoms with Crippen LogP contribution in [-0.4, -0.2) is 15.0 Å². The fourth-order valence-electron chi connectivity index (χ4n) is 1.85. The van der Waals surface area contributed by atoms with Crippen molar-refractivity contribution in [2.24, 2.45) is 5.73 Å². The summed E-state index contributed by atoms with van der Waals surface area (Å²) in [6.07, 6.45) is 1.44. The maximum Gasteiger partial charge on any atom is 0.325 e. The monoisotopic (exact) mass is 278 g/mol. The van der Waals surface area contributed by atoms with Gasteiger partial charge in [0, 0.05) is 12.1 Å². The first-order valence-electron chi connectivity index (χ1n) is 6.56. The summed E-state index contributed by atoms with van der Waals surface area (Å²) >= 11 is 0. The number of aromatic nitrogens is 3. The van der Waals surface area contributed by atoms with Crippen molar-refractivity contribution in [2.45, 2.75) is 6.54 Å². The minimum absolute atomic E-state index is 0.272. The normalized spacial score (nSPS) is 10.3. The highest BCUT2D eigenvalue weighted by molar-refractivity contribution is 5.55. The molecule has 0 aliphatic heterocycles. The van der Waals surface area contributed by atoms with Crippen LogP contribution < -0.4 is 10.5 Å². The lowest BCUT2D eigenvalue weighted by molar-refractivity contribution is 0.440. The molecule has 0 spiro atoms. The molecule has 2 aromatic carbocycles. The van der Waals surface area contributed by atoms with E-state index < -0.39 is 0 Å². The molecule has 0 unspecified atom stereocenters. The van der Waals surface area contributed by atoms with E-state index in [2.05, 4.69) is 15.0 Å². The minimum Gasteiger partial charge on any atom is -0.424 e. The molecule has 0 atom stereocenters. The molecular formula is C16H14N4O. The van der Waals surface area contributed by atoms with Crippen LogP contribution in [0.5, 0.6) is 11.8 Å². The van der Waals surface area contributed by atoms with Crippen molar-refractivity contribution in [3.05, 3.63) is 66.5 Å². The van der Waals surface area contributed by atoms with Crippen molar-refractivity contribution >= 4 is 0 Å². The first-order chi connectivity index (χ1) is 10.3. The molecule has 0 radical (unpaired) electrons. The summed E-state index contributed by atoms with van der Waals surface area (Å²) in [4.78, 5) is 12.5. The average molecular weight is 278 g/mol. The molecule has 3 rings (SSSR count). The third-order valence-corrected chi connectivity index (χ3v) is 2.95. The molecule has 104 valence electrons. The van der Waals surface area contributed by atoms with Crippen molar-refractivity contribution < 1.29 is 4.74 Å². The number of benzene rings is 2. The largest absolute Gasteiger partial charge is 0.424 e. The van der Waals surface area contributed by atoms with Crippen molar-refractivity contribution in [3.63, 3.8) is 0 Å². The summed E-state index contributed by atoms with van der Waals surface area (Å²) in [6, 6.07) is 17.4. The number of hydrogen-bond acceptors (Lipinski definition) is 5. The van der Waals surface area contributed by atoms with E-state index in [1.165, 1.54) is 6.33 Å². The van der Waals surface area contributed by atoms with Gasteiger partial charge in [-0.25, -0.2) is 4.98 Å². The van der Waals surface area contributed by atoms with Gasteiger partial charge in [-0.2, -0.15) is 9.97 Å². The van der Waals surface area contributed by atoms with Crippen LogP contribution in [-0.2, 0) is 6.54 Å². The van der Waals surface area contributed by atoms with Gasteiger partial charge in [0.15, 0.2) is 5.82 Å². The first-order valence-corrected chi connectivity index (χ1v) is 6.56. The Balaban J connectivity index is 1.85. The summed E-state index contributed by atoms with van der Waals surface area (Å²) in [5.74, 6) is 1.26. The molecule has 0 amide bonds. The van der Waals surface area contributed by atoms with Crippen LogP contribution in [0.2, 0.25) is 0 Å². The van der Waals surface area contributed by atoms with Crippen LogP contribution in [0.25, 0.3) is 11.4 Å². The molecule has 5 heteroatoms. The Hall–Kier alpha value is -2.79. The predicted molar refractivity (Wildman–Crippen MR) is 79.7 cm³/mol. The lowest BCUT2D eigenvalue weighted by atomic mass is 10.1. The van der Waals surface area contributed by atoms with Crippen LogP contribution in [0.3, 0.4) is 0 Å². The van der Waals surface area contributed by atoms with Crippen molar-refractivity contribution in [1.82, 2.24) is 15.0 Å². The fraction of sp³-hybridized carbons (Fsp3) is 0.0625. The molecule has 0 saturated heterocycles. The van der Waals surface area contributed by atoms with Crippen LogP contribution in [0, 0.1) is 0 Å². The van der Waals surface area contributed by atoms with Gasteiger partial charge in [0.25, 0.3) is 0 Å². The van der Waals surface area contributed by atoms with Crippen molar-refractivity contribution in [3.8, 4) is 23.1 Å². The molecule has 0 saturated carbocycles. The van der Waals surface area contributed by atoms with E-state index in [4.69, 9.17) is 10.5 Å². The van der Waals surface area contributed by atoms with Crippen LogP contribution in [0.1, 0.15) is 5.56 Å². The molecule has 2 N–H and O–H groups in total. The Kier molecular flexibility index (Phi) is 3.84. The third kappa shape index (κ3) is 3.21. The number of nitrogens with zero attached hydrogens (tertiary/aromatic N) is 3.